The number of carbonyl (C=O) groups is 1. The quantitative estimate of drug-likeness (QED) is 0.569. The first kappa shape index (κ1) is 21.0. The number of allylic oxidation sites excluding steroid dienone is 1. The molecule has 2 fully saturated rings. The molecule has 1 aliphatic carbocycles. The molecule has 2 rings (SSSR count). The second kappa shape index (κ2) is 8.17. The van der Waals surface area contributed by atoms with Crippen LogP contribution >= 0.6 is 12.2 Å². The van der Waals surface area contributed by atoms with Gasteiger partial charge in [0.2, 0.25) is 0 Å². The number of thiocarbonyl (C=S) groups is 1. The average molecular weight is 380 g/mol. The minimum Gasteiger partial charge on any atom is -0.389 e. The highest BCUT2D eigenvalue weighted by Crippen LogP contribution is 2.46. The molecule has 2 aliphatic rings. The van der Waals surface area contributed by atoms with Crippen LogP contribution in [-0.4, -0.2) is 51.8 Å². The van der Waals surface area contributed by atoms with Crippen LogP contribution in [0.15, 0.2) is 17.3 Å². The average Bonchev–Trinajstić information content (AvgIpc) is 3.18. The number of amides is 1. The zero-order valence-corrected chi connectivity index (χ0v) is 17.4. The summed E-state index contributed by atoms with van der Waals surface area (Å²) in [6, 6.07) is 0. The Labute approximate surface area is 162 Å². The van der Waals surface area contributed by atoms with Crippen molar-refractivity contribution in [1.82, 2.24) is 10.2 Å². The molecule has 6 heteroatoms. The largest absolute Gasteiger partial charge is 0.389 e. The van der Waals surface area contributed by atoms with Crippen molar-refractivity contribution in [3.63, 3.8) is 0 Å². The molecule has 26 heavy (non-hydrogen) atoms. The minimum atomic E-state index is -0.982. The first-order valence-corrected chi connectivity index (χ1v) is 10.0. The van der Waals surface area contributed by atoms with Crippen LogP contribution in [0.1, 0.15) is 59.8 Å². The molecule has 5 nitrogen and oxygen atoms in total. The lowest BCUT2D eigenvalue weighted by atomic mass is 9.86. The first-order valence-electron chi connectivity index (χ1n) is 9.60. The second-order valence-electron chi connectivity index (χ2n) is 8.78. The van der Waals surface area contributed by atoms with Crippen LogP contribution in [0, 0.1) is 11.3 Å². The third-order valence-electron chi connectivity index (χ3n) is 5.42. The summed E-state index contributed by atoms with van der Waals surface area (Å²) in [5.74, 6) is -0.301. The van der Waals surface area contributed by atoms with Gasteiger partial charge in [-0.3, -0.25) is 4.79 Å². The van der Waals surface area contributed by atoms with Crippen molar-refractivity contribution in [3.05, 3.63) is 12.3 Å². The molecule has 1 saturated heterocycles. The van der Waals surface area contributed by atoms with E-state index in [1.165, 1.54) is 32.1 Å². The Kier molecular flexibility index (Phi) is 6.61. The lowest BCUT2D eigenvalue weighted by Gasteiger charge is -2.27. The monoisotopic (exact) mass is 379 g/mol. The van der Waals surface area contributed by atoms with Crippen molar-refractivity contribution in [2.45, 2.75) is 65.4 Å². The van der Waals surface area contributed by atoms with E-state index >= 15 is 0 Å². The lowest BCUT2D eigenvalue weighted by Crippen LogP contribution is -2.40. The predicted octanol–water partition coefficient (Wildman–Crippen LogP) is 3.08. The highest BCUT2D eigenvalue weighted by Gasteiger charge is 2.41. The van der Waals surface area contributed by atoms with Gasteiger partial charge in [0.05, 0.1) is 17.0 Å². The van der Waals surface area contributed by atoms with E-state index < -0.39 is 11.5 Å². The highest BCUT2D eigenvalue weighted by atomic mass is 32.1. The topological polar surface area (TPSA) is 64.9 Å². The highest BCUT2D eigenvalue weighted by molar-refractivity contribution is 7.82. The van der Waals surface area contributed by atoms with Crippen molar-refractivity contribution in [2.75, 3.05) is 19.6 Å². The molecule has 0 unspecified atom stereocenters. The minimum absolute atomic E-state index is 0.00567. The third-order valence-corrected chi connectivity index (χ3v) is 5.70. The van der Waals surface area contributed by atoms with Crippen molar-refractivity contribution >= 4 is 28.8 Å². The van der Waals surface area contributed by atoms with Crippen molar-refractivity contribution in [3.8, 4) is 0 Å². The molecular weight excluding hydrogens is 346 g/mol. The van der Waals surface area contributed by atoms with Gasteiger partial charge in [-0.1, -0.05) is 45.5 Å². The second-order valence-corrected chi connectivity index (χ2v) is 9.16. The number of nitrogens with one attached hydrogen (secondary N) is 1. The van der Waals surface area contributed by atoms with Gasteiger partial charge in [0.1, 0.15) is 0 Å². The number of likely N-dealkylation sites (tertiary alicyclic amines) is 1. The van der Waals surface area contributed by atoms with Crippen molar-refractivity contribution in [1.29, 1.82) is 0 Å². The summed E-state index contributed by atoms with van der Waals surface area (Å²) in [5.41, 5.74) is 1.14. The third kappa shape index (κ3) is 5.36. The van der Waals surface area contributed by atoms with E-state index in [2.05, 4.69) is 21.8 Å². The summed E-state index contributed by atoms with van der Waals surface area (Å²) in [4.78, 5) is 18.9. The Morgan fingerprint density at radius 1 is 1.35 bits per heavy atom. The molecule has 0 bridgehead atoms. The predicted molar refractivity (Wildman–Crippen MR) is 110 cm³/mol. The van der Waals surface area contributed by atoms with Crippen LogP contribution in [0.3, 0.4) is 0 Å². The van der Waals surface area contributed by atoms with E-state index in [4.69, 9.17) is 12.2 Å². The van der Waals surface area contributed by atoms with E-state index in [0.29, 0.717) is 5.41 Å². The first-order chi connectivity index (χ1) is 12.0. The van der Waals surface area contributed by atoms with Crippen molar-refractivity contribution < 1.29 is 9.90 Å². The molecule has 1 aliphatic heterocycles. The van der Waals surface area contributed by atoms with Gasteiger partial charge in [-0.05, 0) is 44.4 Å². The summed E-state index contributed by atoms with van der Waals surface area (Å²) < 4.78 is 0. The number of rotatable bonds is 5. The standard InChI is InChI=1S/C20H33N3O2S/c1-14(2)16(22-18(26)17(24)21-12-19(4,5)25)15(3)23-11-10-20(13-23)8-6-7-9-20/h14,25H,3,6-13H2,1-2,4-5H3,(H,21,24). The lowest BCUT2D eigenvalue weighted by molar-refractivity contribution is -0.115. The number of nitrogens with zero attached hydrogens (tertiary/aromatic N) is 2. The molecule has 0 radical (unpaired) electrons. The van der Waals surface area contributed by atoms with Gasteiger partial charge in [-0.2, -0.15) is 0 Å². The van der Waals surface area contributed by atoms with Crippen LogP contribution in [0.2, 0.25) is 0 Å². The Hall–Kier alpha value is -1.27. The van der Waals surface area contributed by atoms with E-state index in [0.717, 1.165) is 24.5 Å². The van der Waals surface area contributed by atoms with E-state index in [1.54, 1.807) is 13.8 Å². The molecule has 1 heterocycles. The van der Waals surface area contributed by atoms with Gasteiger partial charge in [-0.25, -0.2) is 4.99 Å². The van der Waals surface area contributed by atoms with Gasteiger partial charge < -0.3 is 15.3 Å². The molecule has 146 valence electrons. The van der Waals surface area contributed by atoms with E-state index in [9.17, 15) is 9.90 Å². The normalized spacial score (nSPS) is 20.1. The number of aliphatic hydroxyl groups is 1. The Morgan fingerprint density at radius 2 is 1.96 bits per heavy atom. The summed E-state index contributed by atoms with van der Waals surface area (Å²) in [7, 11) is 0. The fourth-order valence-electron chi connectivity index (χ4n) is 3.92. The molecule has 0 aromatic carbocycles. The fraction of sp³-hybridized carbons (Fsp3) is 0.750. The van der Waals surface area contributed by atoms with E-state index in [-0.39, 0.29) is 17.5 Å². The molecule has 0 aromatic heterocycles. The van der Waals surface area contributed by atoms with Gasteiger partial charge in [0, 0.05) is 19.6 Å². The molecule has 0 atom stereocenters. The molecular formula is C20H33N3O2S. The van der Waals surface area contributed by atoms with Gasteiger partial charge in [-0.15, -0.1) is 0 Å². The van der Waals surface area contributed by atoms with Crippen molar-refractivity contribution in [2.24, 2.45) is 16.3 Å². The van der Waals surface area contributed by atoms with Gasteiger partial charge >= 0.3 is 0 Å². The fourth-order valence-corrected chi connectivity index (χ4v) is 4.09. The van der Waals surface area contributed by atoms with E-state index in [1.807, 2.05) is 13.8 Å². The SMILES string of the molecule is C=C(C(=NC(=S)C(=O)NCC(C)(C)O)C(C)C)N1CCC2(CCCC2)C1. The Balaban J connectivity index is 2.05. The summed E-state index contributed by atoms with van der Waals surface area (Å²) >= 11 is 5.21. The zero-order valence-electron chi connectivity index (χ0n) is 16.6. The molecule has 0 aromatic rings. The maximum Gasteiger partial charge on any atom is 0.281 e. The summed E-state index contributed by atoms with van der Waals surface area (Å²) in [5, 5.41) is 12.4. The number of aliphatic imine (C=N–C) groups is 1. The molecule has 1 spiro atoms. The zero-order chi connectivity index (χ0) is 19.5. The number of carbonyl (C=O) groups excluding carboxylic acids is 1. The Bertz CT molecular complexity index is 599. The molecule has 2 N–H and O–H groups in total. The van der Waals surface area contributed by atoms with Crippen LogP contribution in [0.25, 0.3) is 0 Å². The molecule has 1 amide bonds. The molecule has 1 saturated carbocycles. The van der Waals surface area contributed by atoms with Gasteiger partial charge in [0.15, 0.2) is 4.99 Å². The maximum atomic E-state index is 12.2. The number of hydrogen-bond acceptors (Lipinski definition) is 4. The van der Waals surface area contributed by atoms with Crippen LogP contribution < -0.4 is 5.32 Å². The Morgan fingerprint density at radius 3 is 2.50 bits per heavy atom. The summed E-state index contributed by atoms with van der Waals surface area (Å²) in [6.07, 6.45) is 6.49. The van der Waals surface area contributed by atoms with Crippen LogP contribution in [0.5, 0.6) is 0 Å². The van der Waals surface area contributed by atoms with Crippen LogP contribution in [-0.2, 0) is 4.79 Å². The van der Waals surface area contributed by atoms with Gasteiger partial charge in [0.25, 0.3) is 5.91 Å². The number of hydrogen-bond donors (Lipinski definition) is 2. The smallest absolute Gasteiger partial charge is 0.281 e. The maximum absolute atomic E-state index is 12.2. The van der Waals surface area contributed by atoms with Crippen LogP contribution in [0.4, 0.5) is 0 Å². The summed E-state index contributed by atoms with van der Waals surface area (Å²) in [6.45, 7) is 13.8.